The third kappa shape index (κ3) is 2.42. The molecule has 0 aromatic carbocycles. The second-order valence-corrected chi connectivity index (χ2v) is 3.98. The van der Waals surface area contributed by atoms with Gasteiger partial charge in [-0.2, -0.15) is 4.98 Å². The molecule has 0 aliphatic rings. The first-order valence-electron chi connectivity index (χ1n) is 5.98. The molecule has 4 N–H and O–H groups in total. The van der Waals surface area contributed by atoms with Gasteiger partial charge >= 0.3 is 5.97 Å². The zero-order valence-electron chi connectivity index (χ0n) is 10.7. The highest BCUT2D eigenvalue weighted by Crippen LogP contribution is 2.19. The number of hydrogen-bond acceptors (Lipinski definition) is 6. The van der Waals surface area contributed by atoms with Crippen molar-refractivity contribution in [2.24, 2.45) is 0 Å². The summed E-state index contributed by atoms with van der Waals surface area (Å²) in [6.07, 6.45) is 0.506. The highest BCUT2D eigenvalue weighted by Gasteiger charge is 2.24. The number of fused-ring (bicyclic) bond motifs is 1. The Kier molecular flexibility index (Phi) is 3.50. The molecule has 0 saturated carbocycles. The average Bonchev–Trinajstić information content (AvgIpc) is 2.74. The van der Waals surface area contributed by atoms with Crippen LogP contribution in [0.3, 0.4) is 0 Å². The first kappa shape index (κ1) is 13.1. The summed E-state index contributed by atoms with van der Waals surface area (Å²) in [7, 11) is 0. The number of nitrogens with zero attached hydrogens (tertiary/aromatic N) is 2. The molecule has 2 heterocycles. The molecule has 19 heavy (non-hydrogen) atoms. The SMILES string of the molecule is CCOC(=O)C(CC)c1nc2nc(N)[nH]c(=O)c2[nH]1. The molecule has 0 aliphatic carbocycles. The lowest BCUT2D eigenvalue weighted by molar-refractivity contribution is -0.145. The van der Waals surface area contributed by atoms with E-state index in [1.807, 2.05) is 6.92 Å². The van der Waals surface area contributed by atoms with Gasteiger partial charge in [0, 0.05) is 0 Å². The maximum Gasteiger partial charge on any atom is 0.316 e. The van der Waals surface area contributed by atoms with Crippen LogP contribution in [0.25, 0.3) is 11.2 Å². The Morgan fingerprint density at radius 1 is 1.37 bits per heavy atom. The Morgan fingerprint density at radius 2 is 2.11 bits per heavy atom. The molecule has 8 heteroatoms. The van der Waals surface area contributed by atoms with E-state index in [0.717, 1.165) is 0 Å². The number of nitrogen functional groups attached to an aromatic ring is 1. The van der Waals surface area contributed by atoms with Crippen LogP contribution in [0.2, 0.25) is 0 Å². The highest BCUT2D eigenvalue weighted by molar-refractivity contribution is 5.79. The van der Waals surface area contributed by atoms with Crippen LogP contribution in [0.5, 0.6) is 0 Å². The molecule has 0 aliphatic heterocycles. The number of anilines is 1. The summed E-state index contributed by atoms with van der Waals surface area (Å²) in [5, 5.41) is 0. The number of hydrogen-bond donors (Lipinski definition) is 3. The van der Waals surface area contributed by atoms with E-state index < -0.39 is 11.5 Å². The maximum absolute atomic E-state index is 11.8. The van der Waals surface area contributed by atoms with Crippen molar-refractivity contribution in [1.82, 2.24) is 19.9 Å². The number of aromatic nitrogens is 4. The van der Waals surface area contributed by atoms with Gasteiger partial charge < -0.3 is 15.5 Å². The predicted octanol–water partition coefficient (Wildman–Crippen LogP) is 0.285. The summed E-state index contributed by atoms with van der Waals surface area (Å²) in [6.45, 7) is 3.86. The number of carbonyl (C=O) groups is 1. The Balaban J connectivity index is 2.47. The lowest BCUT2D eigenvalue weighted by Gasteiger charge is -2.10. The normalized spacial score (nSPS) is 12.5. The molecule has 0 bridgehead atoms. The van der Waals surface area contributed by atoms with E-state index in [-0.39, 0.29) is 23.1 Å². The van der Waals surface area contributed by atoms with Gasteiger partial charge in [0.2, 0.25) is 5.95 Å². The maximum atomic E-state index is 11.8. The molecule has 102 valence electrons. The minimum Gasteiger partial charge on any atom is -0.465 e. The minimum absolute atomic E-state index is 0.0141. The van der Waals surface area contributed by atoms with Crippen molar-refractivity contribution in [1.29, 1.82) is 0 Å². The Morgan fingerprint density at radius 3 is 2.74 bits per heavy atom. The van der Waals surface area contributed by atoms with Gasteiger partial charge in [0.1, 0.15) is 11.7 Å². The lowest BCUT2D eigenvalue weighted by Crippen LogP contribution is -2.16. The first-order chi connectivity index (χ1) is 9.06. The van der Waals surface area contributed by atoms with Gasteiger partial charge in [0.15, 0.2) is 11.2 Å². The minimum atomic E-state index is -0.547. The van der Waals surface area contributed by atoms with Gasteiger partial charge in [0.05, 0.1) is 6.61 Å². The fourth-order valence-corrected chi connectivity index (χ4v) is 1.82. The van der Waals surface area contributed by atoms with E-state index >= 15 is 0 Å². The van der Waals surface area contributed by atoms with E-state index in [1.165, 1.54) is 0 Å². The molecule has 2 aromatic rings. The zero-order valence-corrected chi connectivity index (χ0v) is 10.7. The van der Waals surface area contributed by atoms with E-state index in [2.05, 4.69) is 19.9 Å². The number of rotatable bonds is 4. The Labute approximate surface area is 108 Å². The molecule has 2 rings (SSSR count). The first-order valence-corrected chi connectivity index (χ1v) is 5.98. The molecule has 1 atom stereocenters. The molecule has 0 fully saturated rings. The van der Waals surface area contributed by atoms with Gasteiger partial charge in [-0.25, -0.2) is 4.98 Å². The standard InChI is InChI=1S/C11H15N5O3/c1-3-5(10(18)19-4-2)7-13-6-8(14-7)15-11(12)16-9(6)17/h5H,3-4H2,1-2H3,(H4,12,13,14,15,16,17). The van der Waals surface area contributed by atoms with Crippen LogP contribution in [-0.2, 0) is 9.53 Å². The largest absolute Gasteiger partial charge is 0.465 e. The van der Waals surface area contributed by atoms with Gasteiger partial charge in [0.25, 0.3) is 5.56 Å². The predicted molar refractivity (Wildman–Crippen MR) is 68.6 cm³/mol. The van der Waals surface area contributed by atoms with E-state index in [0.29, 0.717) is 18.9 Å². The van der Waals surface area contributed by atoms with Gasteiger partial charge in [-0.1, -0.05) is 6.92 Å². The number of ether oxygens (including phenoxy) is 1. The van der Waals surface area contributed by atoms with Crippen molar-refractivity contribution < 1.29 is 9.53 Å². The number of H-pyrrole nitrogens is 2. The summed E-state index contributed by atoms with van der Waals surface area (Å²) in [5.74, 6) is -0.581. The molecule has 0 spiro atoms. The molecule has 0 saturated heterocycles. The second kappa shape index (κ2) is 5.09. The molecule has 2 aromatic heterocycles. The fraction of sp³-hybridized carbons (Fsp3) is 0.455. The van der Waals surface area contributed by atoms with Crippen molar-refractivity contribution in [3.8, 4) is 0 Å². The lowest BCUT2D eigenvalue weighted by atomic mass is 10.1. The van der Waals surface area contributed by atoms with Crippen LogP contribution in [-0.4, -0.2) is 32.5 Å². The summed E-state index contributed by atoms with van der Waals surface area (Å²) < 4.78 is 4.97. The van der Waals surface area contributed by atoms with E-state index in [1.54, 1.807) is 6.92 Å². The number of imidazole rings is 1. The average molecular weight is 265 g/mol. The van der Waals surface area contributed by atoms with Crippen molar-refractivity contribution in [2.45, 2.75) is 26.2 Å². The molecule has 8 nitrogen and oxygen atoms in total. The number of aromatic amines is 2. The van der Waals surface area contributed by atoms with E-state index in [4.69, 9.17) is 10.5 Å². The topological polar surface area (TPSA) is 127 Å². The van der Waals surface area contributed by atoms with Crippen LogP contribution in [0, 0.1) is 0 Å². The molecular weight excluding hydrogens is 250 g/mol. The second-order valence-electron chi connectivity index (χ2n) is 3.98. The summed E-state index contributed by atoms with van der Waals surface area (Å²) in [6, 6.07) is 0. The van der Waals surface area contributed by atoms with Crippen LogP contribution in [0.4, 0.5) is 5.95 Å². The Hall–Kier alpha value is -2.38. The van der Waals surface area contributed by atoms with E-state index in [9.17, 15) is 9.59 Å². The summed E-state index contributed by atoms with van der Waals surface area (Å²) in [5.41, 5.74) is 5.42. The highest BCUT2D eigenvalue weighted by atomic mass is 16.5. The fourth-order valence-electron chi connectivity index (χ4n) is 1.82. The number of esters is 1. The van der Waals surface area contributed by atoms with Crippen LogP contribution < -0.4 is 11.3 Å². The van der Waals surface area contributed by atoms with Crippen LogP contribution in [0.15, 0.2) is 4.79 Å². The Bertz CT molecular complexity index is 660. The quantitative estimate of drug-likeness (QED) is 0.682. The third-order valence-electron chi connectivity index (χ3n) is 2.71. The summed E-state index contributed by atoms with van der Waals surface area (Å²) >= 11 is 0. The van der Waals surface area contributed by atoms with Crippen molar-refractivity contribution in [3.63, 3.8) is 0 Å². The zero-order chi connectivity index (χ0) is 14.0. The third-order valence-corrected chi connectivity index (χ3v) is 2.71. The summed E-state index contributed by atoms with van der Waals surface area (Å²) in [4.78, 5) is 36.7. The van der Waals surface area contributed by atoms with Crippen LogP contribution >= 0.6 is 0 Å². The van der Waals surface area contributed by atoms with Crippen molar-refractivity contribution in [3.05, 3.63) is 16.2 Å². The number of nitrogens with one attached hydrogen (secondary N) is 2. The molecule has 0 amide bonds. The van der Waals surface area contributed by atoms with Crippen LogP contribution in [0.1, 0.15) is 32.0 Å². The number of nitrogens with two attached hydrogens (primary N) is 1. The van der Waals surface area contributed by atoms with Crippen molar-refractivity contribution >= 4 is 23.1 Å². The van der Waals surface area contributed by atoms with Gasteiger partial charge in [-0.05, 0) is 13.3 Å². The number of carbonyl (C=O) groups excluding carboxylic acids is 1. The monoisotopic (exact) mass is 265 g/mol. The molecule has 0 radical (unpaired) electrons. The van der Waals surface area contributed by atoms with Crippen molar-refractivity contribution in [2.75, 3.05) is 12.3 Å². The van der Waals surface area contributed by atoms with Gasteiger partial charge in [-0.3, -0.25) is 14.6 Å². The van der Waals surface area contributed by atoms with Gasteiger partial charge in [-0.15, -0.1) is 0 Å². The smallest absolute Gasteiger partial charge is 0.316 e. The molecular formula is C11H15N5O3. The molecule has 1 unspecified atom stereocenters.